The highest BCUT2D eigenvalue weighted by Gasteiger charge is 2.54. The van der Waals surface area contributed by atoms with Crippen LogP contribution >= 0.6 is 35.1 Å². The number of hydrogen-bond acceptors (Lipinski definition) is 13. The summed E-state index contributed by atoms with van der Waals surface area (Å²) in [5.74, 6) is -3.53. The molecule has 0 radical (unpaired) electrons. The predicted octanol–water partition coefficient (Wildman–Crippen LogP) is 1.15. The molecule has 0 spiro atoms. The average molecular weight is 592 g/mol. The summed E-state index contributed by atoms with van der Waals surface area (Å²) in [6.45, 7) is -0.0839. The molecule has 5 N–H and O–H groups in total. The maximum Gasteiger partial charge on any atom is 0.352 e. The van der Waals surface area contributed by atoms with E-state index in [0.717, 1.165) is 21.3 Å². The molecule has 204 valence electrons. The number of allylic oxidation sites excluding steroid dienone is 1. The first-order valence-electron chi connectivity index (χ1n) is 11.2. The summed E-state index contributed by atoms with van der Waals surface area (Å²) in [5.41, 5.74) is 5.57. The van der Waals surface area contributed by atoms with Gasteiger partial charge in [0.05, 0.1) is 0 Å². The molecule has 14 nitrogen and oxygen atoms in total. The molecule has 0 bridgehead atoms. The van der Waals surface area contributed by atoms with Gasteiger partial charge in [0.2, 0.25) is 11.5 Å². The number of oxime groups is 1. The zero-order chi connectivity index (χ0) is 27.9. The minimum absolute atomic E-state index is 0.0728. The van der Waals surface area contributed by atoms with Gasteiger partial charge < -0.3 is 26.1 Å². The van der Waals surface area contributed by atoms with E-state index in [0.29, 0.717) is 11.3 Å². The van der Waals surface area contributed by atoms with E-state index in [-0.39, 0.29) is 41.8 Å². The smallest absolute Gasteiger partial charge is 0.352 e. The number of nitrogen functional groups attached to an aromatic ring is 1. The minimum atomic E-state index is -1.26. The first-order chi connectivity index (χ1) is 18.8. The lowest BCUT2D eigenvalue weighted by atomic mass is 10.0. The summed E-state index contributed by atoms with van der Waals surface area (Å²) in [6, 6.07) is 2.62. The summed E-state index contributed by atoms with van der Waals surface area (Å²) in [6.07, 6.45) is 4.97. The molecule has 4 rings (SSSR count). The van der Waals surface area contributed by atoms with Crippen molar-refractivity contribution in [2.75, 3.05) is 18.1 Å². The van der Waals surface area contributed by atoms with E-state index in [1.165, 1.54) is 23.5 Å². The van der Waals surface area contributed by atoms with Crippen molar-refractivity contribution >= 4 is 69.7 Å². The van der Waals surface area contributed by atoms with Crippen molar-refractivity contribution in [2.24, 2.45) is 5.16 Å². The SMILES string of the molecule is Nc1nc(C(=NOCCCC(=O)O)C(=O)NC2C(=O)N3C(C(=O)O)=C(C=CSc4cccnc4)CS[C@H]23)ns1. The number of carbonyl (C=O) groups excluding carboxylic acids is 2. The highest BCUT2D eigenvalue weighted by atomic mass is 32.2. The van der Waals surface area contributed by atoms with E-state index < -0.39 is 35.2 Å². The van der Waals surface area contributed by atoms with Gasteiger partial charge in [-0.15, -0.1) is 11.8 Å². The van der Waals surface area contributed by atoms with Crippen molar-refractivity contribution in [1.29, 1.82) is 0 Å². The molecule has 4 heterocycles. The first-order valence-corrected chi connectivity index (χ1v) is 13.9. The van der Waals surface area contributed by atoms with Gasteiger partial charge in [0.1, 0.15) is 23.7 Å². The fourth-order valence-corrected chi connectivity index (χ4v) is 5.93. The predicted molar refractivity (Wildman–Crippen MR) is 143 cm³/mol. The van der Waals surface area contributed by atoms with E-state index in [9.17, 15) is 24.3 Å². The Labute approximate surface area is 233 Å². The number of hydrogen-bond donors (Lipinski definition) is 4. The number of amides is 2. The molecule has 0 saturated carbocycles. The summed E-state index contributed by atoms with van der Waals surface area (Å²) >= 11 is 3.48. The molecule has 2 aliphatic rings. The summed E-state index contributed by atoms with van der Waals surface area (Å²) in [7, 11) is 0. The Bertz CT molecular complexity index is 1360. The number of nitrogens with one attached hydrogen (secondary N) is 1. The number of fused-ring (bicyclic) bond motifs is 1. The Hall–Kier alpha value is -3.96. The average Bonchev–Trinajstić information content (AvgIpc) is 3.34. The number of anilines is 1. The van der Waals surface area contributed by atoms with Crippen LogP contribution in [0, 0.1) is 0 Å². The molecule has 0 aromatic carbocycles. The second-order valence-electron chi connectivity index (χ2n) is 7.88. The second kappa shape index (κ2) is 12.7. The van der Waals surface area contributed by atoms with Gasteiger partial charge in [-0.1, -0.05) is 16.9 Å². The van der Waals surface area contributed by atoms with E-state index in [2.05, 4.69) is 24.8 Å². The first kappa shape index (κ1) is 28.1. The Kier molecular flexibility index (Phi) is 9.15. The summed E-state index contributed by atoms with van der Waals surface area (Å²) < 4.78 is 3.95. The molecule has 0 aliphatic carbocycles. The summed E-state index contributed by atoms with van der Waals surface area (Å²) in [4.78, 5) is 63.8. The van der Waals surface area contributed by atoms with Gasteiger partial charge in [-0.2, -0.15) is 9.36 Å². The number of thioether (sulfide) groups is 2. The van der Waals surface area contributed by atoms with Crippen LogP contribution in [0.4, 0.5) is 5.13 Å². The third-order valence-corrected chi connectivity index (χ3v) is 7.88. The van der Waals surface area contributed by atoms with Crippen molar-refractivity contribution in [2.45, 2.75) is 29.2 Å². The Balaban J connectivity index is 1.46. The minimum Gasteiger partial charge on any atom is -0.481 e. The molecule has 1 saturated heterocycles. The standard InChI is InChI=1S/C22H21N7O7S3/c23-22-26-17(28-39-22)14(27-36-7-2-4-13(30)31)18(32)25-15-19(33)29-16(21(34)35)11(10-38-20(15)29)5-8-37-12-3-1-6-24-9-12/h1,3,5-6,8-9,15,20H,2,4,7,10H2,(H,25,32)(H,30,31)(H,34,35)(H2,23,26,28)/t15?,20-/m1/s1. The van der Waals surface area contributed by atoms with E-state index in [1.807, 2.05) is 6.07 Å². The van der Waals surface area contributed by atoms with Gasteiger partial charge >= 0.3 is 11.9 Å². The molecule has 17 heteroatoms. The number of nitrogens with two attached hydrogens (primary N) is 1. The van der Waals surface area contributed by atoms with Crippen LogP contribution in [-0.2, 0) is 24.0 Å². The van der Waals surface area contributed by atoms with Crippen molar-refractivity contribution < 1.29 is 34.2 Å². The lowest BCUT2D eigenvalue weighted by molar-refractivity contribution is -0.150. The molecule has 1 fully saturated rings. The van der Waals surface area contributed by atoms with Crippen molar-refractivity contribution in [3.8, 4) is 0 Å². The van der Waals surface area contributed by atoms with Crippen LogP contribution in [0.2, 0.25) is 0 Å². The van der Waals surface area contributed by atoms with Crippen molar-refractivity contribution in [3.05, 3.63) is 53.1 Å². The maximum absolute atomic E-state index is 13.0. The molecule has 2 aromatic rings. The van der Waals surface area contributed by atoms with Gasteiger partial charge in [-0.25, -0.2) is 4.79 Å². The number of carboxylic acid groups (broad SMARTS) is 2. The maximum atomic E-state index is 13.0. The van der Waals surface area contributed by atoms with Crippen LogP contribution < -0.4 is 11.1 Å². The monoisotopic (exact) mass is 591 g/mol. The number of carbonyl (C=O) groups is 4. The van der Waals surface area contributed by atoms with E-state index in [1.54, 1.807) is 29.9 Å². The molecule has 39 heavy (non-hydrogen) atoms. The molecule has 2 amide bonds. The highest BCUT2D eigenvalue weighted by molar-refractivity contribution is 8.02. The normalized spacial score (nSPS) is 19.0. The van der Waals surface area contributed by atoms with Crippen LogP contribution in [0.15, 0.2) is 57.3 Å². The largest absolute Gasteiger partial charge is 0.481 e. The van der Waals surface area contributed by atoms with Crippen molar-refractivity contribution in [3.63, 3.8) is 0 Å². The van der Waals surface area contributed by atoms with Crippen LogP contribution in [0.25, 0.3) is 0 Å². The van der Waals surface area contributed by atoms with Crippen LogP contribution in [-0.4, -0.2) is 82.7 Å². The van der Waals surface area contributed by atoms with Gasteiger partial charge in [-0.05, 0) is 35.6 Å². The number of aromatic nitrogens is 3. The zero-order valence-electron chi connectivity index (χ0n) is 19.9. The van der Waals surface area contributed by atoms with Gasteiger partial charge in [0, 0.05) is 41.0 Å². The number of β-lactam (4-membered cyclic amide) rings is 1. The Morgan fingerprint density at radius 1 is 1.36 bits per heavy atom. The Morgan fingerprint density at radius 3 is 2.85 bits per heavy atom. The lowest BCUT2D eigenvalue weighted by Crippen LogP contribution is -2.71. The molecular formula is C22H21N7O7S3. The molecule has 1 unspecified atom stereocenters. The topological polar surface area (TPSA) is 210 Å². The quantitative estimate of drug-likeness (QED) is 0.0898. The number of nitrogens with zero attached hydrogens (tertiary/aromatic N) is 5. The van der Waals surface area contributed by atoms with Gasteiger partial charge in [0.15, 0.2) is 5.13 Å². The highest BCUT2D eigenvalue weighted by Crippen LogP contribution is 2.41. The fraction of sp³-hybridized carbons (Fsp3) is 0.273. The second-order valence-corrected chi connectivity index (χ2v) is 10.7. The van der Waals surface area contributed by atoms with E-state index >= 15 is 0 Å². The fourth-order valence-electron chi connectivity index (χ4n) is 3.51. The molecular weight excluding hydrogens is 570 g/mol. The number of rotatable bonds is 12. The molecule has 2 atom stereocenters. The Morgan fingerprint density at radius 2 is 2.18 bits per heavy atom. The molecule has 2 aliphatic heterocycles. The zero-order valence-corrected chi connectivity index (χ0v) is 22.4. The van der Waals surface area contributed by atoms with Crippen LogP contribution in [0.3, 0.4) is 0 Å². The van der Waals surface area contributed by atoms with Crippen LogP contribution in [0.1, 0.15) is 18.7 Å². The number of pyridine rings is 1. The molecule has 2 aromatic heterocycles. The van der Waals surface area contributed by atoms with Crippen LogP contribution in [0.5, 0.6) is 0 Å². The van der Waals surface area contributed by atoms with Gasteiger partial charge in [-0.3, -0.25) is 24.3 Å². The van der Waals surface area contributed by atoms with Crippen molar-refractivity contribution in [1.82, 2.24) is 24.6 Å². The third kappa shape index (κ3) is 6.73. The number of aliphatic carboxylic acids is 2. The third-order valence-electron chi connectivity index (χ3n) is 5.25. The van der Waals surface area contributed by atoms with E-state index in [4.69, 9.17) is 15.7 Å². The summed E-state index contributed by atoms with van der Waals surface area (Å²) in [5, 5.41) is 26.0. The lowest BCUT2D eigenvalue weighted by Gasteiger charge is -2.49. The number of carboxylic acids is 2. The van der Waals surface area contributed by atoms with Gasteiger partial charge in [0.25, 0.3) is 11.8 Å².